The van der Waals surface area contributed by atoms with Crippen molar-refractivity contribution in [3.05, 3.63) is 53.1 Å². The van der Waals surface area contributed by atoms with Gasteiger partial charge in [0.15, 0.2) is 5.60 Å². The molecule has 29 heavy (non-hydrogen) atoms. The van der Waals surface area contributed by atoms with Crippen molar-refractivity contribution < 1.29 is 19.4 Å². The van der Waals surface area contributed by atoms with Crippen LogP contribution in [0.4, 0.5) is 5.69 Å². The van der Waals surface area contributed by atoms with E-state index in [0.29, 0.717) is 16.5 Å². The Morgan fingerprint density at radius 1 is 1.24 bits per heavy atom. The summed E-state index contributed by atoms with van der Waals surface area (Å²) in [5, 5.41) is 12.3. The summed E-state index contributed by atoms with van der Waals surface area (Å²) >= 11 is 6.20. The first-order valence-electron chi connectivity index (χ1n) is 9.13. The van der Waals surface area contributed by atoms with Crippen LogP contribution in [0.1, 0.15) is 38.7 Å². The number of ether oxygens (including phenoxy) is 1. The quantitative estimate of drug-likeness (QED) is 0.542. The predicted octanol–water partition coefficient (Wildman–Crippen LogP) is 2.98. The molecule has 5 nitrogen and oxygen atoms in total. The molecule has 0 heterocycles. The van der Waals surface area contributed by atoms with Gasteiger partial charge in [-0.05, 0) is 50.6 Å². The molecule has 150 valence electrons. The fourth-order valence-electron chi connectivity index (χ4n) is 2.69. The molecule has 0 aliphatic heterocycles. The molecule has 0 radical (unpaired) electrons. The number of nitrogens with one attached hydrogen (secondary N) is 1. The first kappa shape index (κ1) is 22.4. The third kappa shape index (κ3) is 6.30. The summed E-state index contributed by atoms with van der Waals surface area (Å²) < 4.78 is 5.83. The highest BCUT2D eigenvalue weighted by molar-refractivity contribution is 6.37. The summed E-state index contributed by atoms with van der Waals surface area (Å²) in [5.41, 5.74) is 1.20. The van der Waals surface area contributed by atoms with Crippen molar-refractivity contribution in [2.45, 2.75) is 38.7 Å². The Morgan fingerprint density at radius 3 is 2.45 bits per heavy atom. The SMILES string of the molecule is Bc1ccc(OC(C)(C)C(=O)Nc2ccc(C(C#CC)CC(=O)O)cc2)c(Cl)c1. The van der Waals surface area contributed by atoms with Crippen LogP contribution in [0.3, 0.4) is 0 Å². The van der Waals surface area contributed by atoms with Gasteiger partial charge in [0.2, 0.25) is 0 Å². The van der Waals surface area contributed by atoms with E-state index in [1.807, 2.05) is 13.9 Å². The molecule has 2 aromatic carbocycles. The van der Waals surface area contributed by atoms with E-state index >= 15 is 0 Å². The molecule has 0 aliphatic carbocycles. The number of aliphatic carboxylic acids is 1. The smallest absolute Gasteiger partial charge is 0.304 e. The van der Waals surface area contributed by atoms with Crippen LogP contribution in [0.25, 0.3) is 0 Å². The van der Waals surface area contributed by atoms with Gasteiger partial charge in [-0.1, -0.05) is 41.2 Å². The number of carbonyl (C=O) groups is 2. The van der Waals surface area contributed by atoms with E-state index in [9.17, 15) is 9.59 Å². The molecule has 0 aromatic heterocycles. The van der Waals surface area contributed by atoms with Crippen molar-refractivity contribution in [3.8, 4) is 17.6 Å². The largest absolute Gasteiger partial charge is 0.481 e. The van der Waals surface area contributed by atoms with Gasteiger partial charge in [0, 0.05) is 5.69 Å². The number of carboxylic acids is 1. The predicted molar refractivity (Wildman–Crippen MR) is 118 cm³/mol. The summed E-state index contributed by atoms with van der Waals surface area (Å²) in [7, 11) is 1.92. The Hall–Kier alpha value is -2.91. The van der Waals surface area contributed by atoms with Crippen molar-refractivity contribution in [2.75, 3.05) is 5.32 Å². The zero-order valence-corrected chi connectivity index (χ0v) is 17.6. The highest BCUT2D eigenvalue weighted by atomic mass is 35.5. The molecule has 0 fully saturated rings. The Kier molecular flexibility index (Phi) is 7.36. The number of carbonyl (C=O) groups excluding carboxylic acids is 1. The highest BCUT2D eigenvalue weighted by Crippen LogP contribution is 2.27. The average Bonchev–Trinajstić information content (AvgIpc) is 2.64. The molecule has 2 rings (SSSR count). The maximum atomic E-state index is 12.7. The van der Waals surface area contributed by atoms with E-state index in [-0.39, 0.29) is 12.3 Å². The number of hydrogen-bond acceptors (Lipinski definition) is 3. The summed E-state index contributed by atoms with van der Waals surface area (Å²) in [5.74, 6) is 4.45. The maximum absolute atomic E-state index is 12.7. The Balaban J connectivity index is 2.10. The van der Waals surface area contributed by atoms with Crippen molar-refractivity contribution in [3.63, 3.8) is 0 Å². The monoisotopic (exact) mass is 411 g/mol. The molecular weight excluding hydrogens is 389 g/mol. The lowest BCUT2D eigenvalue weighted by atomic mass is 9.96. The summed E-state index contributed by atoms with van der Waals surface area (Å²) in [6.07, 6.45) is -0.0786. The number of halogens is 1. The number of amides is 1. The molecule has 2 N–H and O–H groups in total. The molecule has 7 heteroatoms. The molecular formula is C22H23BClNO4. The van der Waals surface area contributed by atoms with Crippen molar-refractivity contribution >= 4 is 42.5 Å². The van der Waals surface area contributed by atoms with Crippen LogP contribution in [-0.4, -0.2) is 30.4 Å². The van der Waals surface area contributed by atoms with Crippen LogP contribution < -0.4 is 15.5 Å². The van der Waals surface area contributed by atoms with E-state index in [1.54, 1.807) is 57.2 Å². The number of anilines is 1. The molecule has 0 saturated heterocycles. The zero-order chi connectivity index (χ0) is 21.6. The van der Waals surface area contributed by atoms with Gasteiger partial charge in [0.05, 0.1) is 17.4 Å². The summed E-state index contributed by atoms with van der Waals surface area (Å²) in [6, 6.07) is 12.3. The topological polar surface area (TPSA) is 75.6 Å². The van der Waals surface area contributed by atoms with Crippen molar-refractivity contribution in [1.29, 1.82) is 0 Å². The number of hydrogen-bond donors (Lipinski definition) is 2. The van der Waals surface area contributed by atoms with Gasteiger partial charge in [-0.15, -0.1) is 5.92 Å². The highest BCUT2D eigenvalue weighted by Gasteiger charge is 2.31. The maximum Gasteiger partial charge on any atom is 0.304 e. The lowest BCUT2D eigenvalue weighted by Gasteiger charge is -2.26. The Labute approximate surface area is 176 Å². The van der Waals surface area contributed by atoms with Gasteiger partial charge < -0.3 is 15.2 Å². The third-order valence-corrected chi connectivity index (χ3v) is 4.56. The first-order valence-corrected chi connectivity index (χ1v) is 9.51. The van der Waals surface area contributed by atoms with Crippen LogP contribution in [0, 0.1) is 11.8 Å². The second kappa shape index (κ2) is 9.53. The first-order chi connectivity index (χ1) is 13.6. The second-order valence-corrected chi connectivity index (χ2v) is 7.57. The molecule has 2 aromatic rings. The minimum atomic E-state index is -1.16. The molecule has 0 saturated carbocycles. The van der Waals surface area contributed by atoms with Gasteiger partial charge in [-0.2, -0.15) is 0 Å². The number of rotatable bonds is 7. The van der Waals surface area contributed by atoms with E-state index in [4.69, 9.17) is 21.4 Å². The number of benzene rings is 2. The lowest BCUT2D eigenvalue weighted by molar-refractivity contribution is -0.137. The molecule has 1 unspecified atom stereocenters. The molecule has 0 spiro atoms. The van der Waals surface area contributed by atoms with Gasteiger partial charge in [-0.25, -0.2) is 0 Å². The zero-order valence-electron chi connectivity index (χ0n) is 16.9. The van der Waals surface area contributed by atoms with E-state index in [2.05, 4.69) is 17.2 Å². The van der Waals surface area contributed by atoms with Gasteiger partial charge in [-0.3, -0.25) is 9.59 Å². The standard InChI is InChI=1S/C22H23BClNO4/c1-4-5-15(12-20(26)27)14-6-9-17(10-7-14)25-21(28)22(2,3)29-19-11-8-16(23)13-18(19)24/h6-11,13,15H,12,23H2,1-3H3,(H,25,28)(H,26,27). The van der Waals surface area contributed by atoms with Crippen molar-refractivity contribution in [1.82, 2.24) is 0 Å². The van der Waals surface area contributed by atoms with Crippen molar-refractivity contribution in [2.24, 2.45) is 0 Å². The van der Waals surface area contributed by atoms with Crippen LogP contribution in [0.2, 0.25) is 5.02 Å². The van der Waals surface area contributed by atoms with Gasteiger partial charge >= 0.3 is 5.97 Å². The van der Waals surface area contributed by atoms with E-state index < -0.39 is 17.5 Å². The molecule has 1 atom stereocenters. The van der Waals surface area contributed by atoms with Crippen LogP contribution in [0.15, 0.2) is 42.5 Å². The number of carboxylic acid groups (broad SMARTS) is 1. The fraction of sp³-hybridized carbons (Fsp3) is 0.273. The van der Waals surface area contributed by atoms with Crippen LogP contribution >= 0.6 is 11.6 Å². The fourth-order valence-corrected chi connectivity index (χ4v) is 2.96. The second-order valence-electron chi connectivity index (χ2n) is 7.17. The van der Waals surface area contributed by atoms with Gasteiger partial charge in [0.1, 0.15) is 13.6 Å². The van der Waals surface area contributed by atoms with E-state index in [1.165, 1.54) is 0 Å². The Bertz CT molecular complexity index is 961. The minimum absolute atomic E-state index is 0.0786. The lowest BCUT2D eigenvalue weighted by Crippen LogP contribution is -2.42. The third-order valence-electron chi connectivity index (χ3n) is 4.27. The average molecular weight is 412 g/mol. The summed E-state index contributed by atoms with van der Waals surface area (Å²) in [6.45, 7) is 4.99. The van der Waals surface area contributed by atoms with E-state index in [0.717, 1.165) is 11.0 Å². The Morgan fingerprint density at radius 2 is 1.90 bits per heavy atom. The van der Waals surface area contributed by atoms with Gasteiger partial charge in [0.25, 0.3) is 5.91 Å². The minimum Gasteiger partial charge on any atom is -0.481 e. The summed E-state index contributed by atoms with van der Waals surface area (Å²) in [4.78, 5) is 23.7. The molecule has 0 bridgehead atoms. The van der Waals surface area contributed by atoms with Crippen LogP contribution in [0.5, 0.6) is 5.75 Å². The van der Waals surface area contributed by atoms with Crippen LogP contribution in [-0.2, 0) is 9.59 Å². The molecule has 0 aliphatic rings. The normalized spacial score (nSPS) is 11.7. The molecule has 1 amide bonds.